The second kappa shape index (κ2) is 5.19. The summed E-state index contributed by atoms with van der Waals surface area (Å²) in [5.41, 5.74) is 0. The van der Waals surface area contributed by atoms with E-state index >= 15 is 0 Å². The minimum absolute atomic E-state index is 0.0339. The SMILES string of the molecule is CNC(=O)CNCC1CCOC1C. The molecule has 0 aromatic rings. The zero-order valence-corrected chi connectivity index (χ0v) is 8.30. The lowest BCUT2D eigenvalue weighted by molar-refractivity contribution is -0.119. The summed E-state index contributed by atoms with van der Waals surface area (Å²) in [6.07, 6.45) is 1.43. The van der Waals surface area contributed by atoms with Crippen LogP contribution in [-0.2, 0) is 9.53 Å². The monoisotopic (exact) mass is 186 g/mol. The van der Waals surface area contributed by atoms with Crippen molar-refractivity contribution in [3.05, 3.63) is 0 Å². The first-order valence-electron chi connectivity index (χ1n) is 4.77. The number of nitrogens with one attached hydrogen (secondary N) is 2. The molecule has 1 aliphatic heterocycles. The zero-order valence-electron chi connectivity index (χ0n) is 8.30. The van der Waals surface area contributed by atoms with Crippen LogP contribution in [0.15, 0.2) is 0 Å². The van der Waals surface area contributed by atoms with Crippen molar-refractivity contribution < 1.29 is 9.53 Å². The lowest BCUT2D eigenvalue weighted by Crippen LogP contribution is -2.35. The molecule has 2 atom stereocenters. The Labute approximate surface area is 79.0 Å². The molecule has 0 spiro atoms. The maximum Gasteiger partial charge on any atom is 0.233 e. The third-order valence-electron chi connectivity index (χ3n) is 2.50. The summed E-state index contributed by atoms with van der Waals surface area (Å²) in [7, 11) is 1.64. The van der Waals surface area contributed by atoms with E-state index in [9.17, 15) is 4.79 Å². The first-order chi connectivity index (χ1) is 6.24. The molecule has 1 saturated heterocycles. The quantitative estimate of drug-likeness (QED) is 0.636. The molecule has 1 heterocycles. The number of hydrogen-bond donors (Lipinski definition) is 2. The van der Waals surface area contributed by atoms with Gasteiger partial charge in [0.15, 0.2) is 0 Å². The van der Waals surface area contributed by atoms with E-state index in [1.54, 1.807) is 7.05 Å². The smallest absolute Gasteiger partial charge is 0.233 e. The topological polar surface area (TPSA) is 50.4 Å². The van der Waals surface area contributed by atoms with Gasteiger partial charge in [0.05, 0.1) is 12.6 Å². The summed E-state index contributed by atoms with van der Waals surface area (Å²) >= 11 is 0. The Hall–Kier alpha value is -0.610. The van der Waals surface area contributed by atoms with Crippen LogP contribution >= 0.6 is 0 Å². The van der Waals surface area contributed by atoms with Crippen LogP contribution in [0.5, 0.6) is 0 Å². The highest BCUT2D eigenvalue weighted by molar-refractivity contribution is 5.77. The third kappa shape index (κ3) is 3.32. The Bertz CT molecular complexity index is 173. The minimum atomic E-state index is 0.0339. The molecule has 1 rings (SSSR count). The number of ether oxygens (including phenoxy) is 1. The Morgan fingerprint density at radius 3 is 2.92 bits per heavy atom. The lowest BCUT2D eigenvalue weighted by atomic mass is 10.0. The summed E-state index contributed by atoms with van der Waals surface area (Å²) in [6.45, 7) is 4.21. The maximum atomic E-state index is 10.9. The normalized spacial score (nSPS) is 27.5. The van der Waals surface area contributed by atoms with E-state index in [1.165, 1.54) is 0 Å². The molecule has 2 N–H and O–H groups in total. The highest BCUT2D eigenvalue weighted by atomic mass is 16.5. The second-order valence-electron chi connectivity index (χ2n) is 3.43. The molecule has 0 aliphatic carbocycles. The molecule has 4 nitrogen and oxygen atoms in total. The zero-order chi connectivity index (χ0) is 9.68. The van der Waals surface area contributed by atoms with Crippen LogP contribution in [0.3, 0.4) is 0 Å². The van der Waals surface area contributed by atoms with Gasteiger partial charge >= 0.3 is 0 Å². The summed E-state index contributed by atoms with van der Waals surface area (Å²) in [5, 5.41) is 5.69. The molecule has 0 aromatic carbocycles. The van der Waals surface area contributed by atoms with Gasteiger partial charge in [-0.1, -0.05) is 0 Å². The fraction of sp³-hybridized carbons (Fsp3) is 0.889. The summed E-state index contributed by atoms with van der Waals surface area (Å²) in [4.78, 5) is 10.9. The van der Waals surface area contributed by atoms with Gasteiger partial charge in [-0.25, -0.2) is 0 Å². The van der Waals surface area contributed by atoms with Gasteiger partial charge in [0.25, 0.3) is 0 Å². The Morgan fingerprint density at radius 1 is 1.62 bits per heavy atom. The predicted octanol–water partition coefficient (Wildman–Crippen LogP) is -0.253. The fourth-order valence-corrected chi connectivity index (χ4v) is 1.50. The number of hydrogen-bond acceptors (Lipinski definition) is 3. The van der Waals surface area contributed by atoms with E-state index in [-0.39, 0.29) is 5.91 Å². The van der Waals surface area contributed by atoms with Gasteiger partial charge in [-0.2, -0.15) is 0 Å². The van der Waals surface area contributed by atoms with Crippen molar-refractivity contribution in [2.75, 3.05) is 26.7 Å². The Balaban J connectivity index is 2.08. The van der Waals surface area contributed by atoms with E-state index < -0.39 is 0 Å². The van der Waals surface area contributed by atoms with Gasteiger partial charge < -0.3 is 15.4 Å². The van der Waals surface area contributed by atoms with Crippen molar-refractivity contribution in [2.24, 2.45) is 5.92 Å². The van der Waals surface area contributed by atoms with Crippen molar-refractivity contribution in [3.8, 4) is 0 Å². The van der Waals surface area contributed by atoms with Crippen molar-refractivity contribution in [1.29, 1.82) is 0 Å². The van der Waals surface area contributed by atoms with Crippen LogP contribution in [0.25, 0.3) is 0 Å². The number of rotatable bonds is 4. The van der Waals surface area contributed by atoms with E-state index in [1.807, 2.05) is 0 Å². The van der Waals surface area contributed by atoms with Crippen LogP contribution in [0.1, 0.15) is 13.3 Å². The fourth-order valence-electron chi connectivity index (χ4n) is 1.50. The molecule has 0 bridgehead atoms. The maximum absolute atomic E-state index is 10.9. The van der Waals surface area contributed by atoms with Gasteiger partial charge in [-0.05, 0) is 19.3 Å². The Morgan fingerprint density at radius 2 is 2.38 bits per heavy atom. The van der Waals surface area contributed by atoms with E-state index in [2.05, 4.69) is 17.6 Å². The second-order valence-corrected chi connectivity index (χ2v) is 3.43. The molecule has 0 saturated carbocycles. The molecule has 0 radical (unpaired) electrons. The molecular weight excluding hydrogens is 168 g/mol. The highest BCUT2D eigenvalue weighted by Gasteiger charge is 2.23. The first-order valence-corrected chi connectivity index (χ1v) is 4.77. The molecule has 2 unspecified atom stereocenters. The highest BCUT2D eigenvalue weighted by Crippen LogP contribution is 2.18. The first kappa shape index (κ1) is 10.5. The molecular formula is C9H18N2O2. The van der Waals surface area contributed by atoms with Crippen LogP contribution < -0.4 is 10.6 Å². The number of amides is 1. The van der Waals surface area contributed by atoms with Crippen LogP contribution in [0.4, 0.5) is 0 Å². The van der Waals surface area contributed by atoms with Gasteiger partial charge in [-0.3, -0.25) is 4.79 Å². The summed E-state index contributed by atoms with van der Waals surface area (Å²) < 4.78 is 5.41. The van der Waals surface area contributed by atoms with Crippen LogP contribution in [-0.4, -0.2) is 38.8 Å². The standard InChI is InChI=1S/C9H18N2O2/c1-7-8(3-4-13-7)5-11-6-9(12)10-2/h7-8,11H,3-6H2,1-2H3,(H,10,12). The van der Waals surface area contributed by atoms with Crippen LogP contribution in [0.2, 0.25) is 0 Å². The van der Waals surface area contributed by atoms with Gasteiger partial charge in [0, 0.05) is 20.2 Å². The average molecular weight is 186 g/mol. The van der Waals surface area contributed by atoms with Crippen LogP contribution in [0, 0.1) is 5.92 Å². The molecule has 76 valence electrons. The number of carbonyl (C=O) groups is 1. The molecule has 4 heteroatoms. The average Bonchev–Trinajstić information content (AvgIpc) is 2.52. The molecule has 1 amide bonds. The molecule has 13 heavy (non-hydrogen) atoms. The van der Waals surface area contributed by atoms with E-state index in [0.717, 1.165) is 19.6 Å². The third-order valence-corrected chi connectivity index (χ3v) is 2.50. The van der Waals surface area contributed by atoms with E-state index in [4.69, 9.17) is 4.74 Å². The lowest BCUT2D eigenvalue weighted by Gasteiger charge is -2.13. The number of likely N-dealkylation sites (N-methyl/N-ethyl adjacent to an activating group) is 1. The van der Waals surface area contributed by atoms with Gasteiger partial charge in [0.2, 0.25) is 5.91 Å². The predicted molar refractivity (Wildman–Crippen MR) is 50.5 cm³/mol. The largest absolute Gasteiger partial charge is 0.378 e. The van der Waals surface area contributed by atoms with Crippen molar-refractivity contribution in [3.63, 3.8) is 0 Å². The molecule has 1 fully saturated rings. The van der Waals surface area contributed by atoms with Crippen molar-refractivity contribution in [2.45, 2.75) is 19.4 Å². The van der Waals surface area contributed by atoms with Crippen molar-refractivity contribution >= 4 is 5.91 Å². The molecule has 1 aliphatic rings. The number of carbonyl (C=O) groups excluding carboxylic acids is 1. The summed E-state index contributed by atoms with van der Waals surface area (Å²) in [5.74, 6) is 0.594. The van der Waals surface area contributed by atoms with Gasteiger partial charge in [-0.15, -0.1) is 0 Å². The van der Waals surface area contributed by atoms with E-state index in [0.29, 0.717) is 18.6 Å². The van der Waals surface area contributed by atoms with Crippen molar-refractivity contribution in [1.82, 2.24) is 10.6 Å². The summed E-state index contributed by atoms with van der Waals surface area (Å²) in [6, 6.07) is 0. The van der Waals surface area contributed by atoms with Gasteiger partial charge in [0.1, 0.15) is 0 Å². The minimum Gasteiger partial charge on any atom is -0.378 e. The Kier molecular flexibility index (Phi) is 4.18. The molecule has 0 aromatic heterocycles.